The van der Waals surface area contributed by atoms with Crippen LogP contribution in [-0.2, 0) is 15.7 Å². The first-order valence-electron chi connectivity index (χ1n) is 10.4. The predicted octanol–water partition coefficient (Wildman–Crippen LogP) is 3.98. The summed E-state index contributed by atoms with van der Waals surface area (Å²) in [7, 11) is 1.64. The number of halogens is 4. The molecular weight excluding hydrogens is 444 g/mol. The van der Waals surface area contributed by atoms with Crippen LogP contribution in [-0.4, -0.2) is 48.2 Å². The Morgan fingerprint density at radius 3 is 2.88 bits per heavy atom. The third kappa shape index (κ3) is 4.30. The van der Waals surface area contributed by atoms with Crippen molar-refractivity contribution in [1.29, 1.82) is 0 Å². The van der Waals surface area contributed by atoms with Gasteiger partial charge in [0.25, 0.3) is 5.82 Å². The minimum Gasteiger partial charge on any atom is -0.490 e. The molecule has 2 N–H and O–H groups in total. The SMILES string of the molecule is COC1(COC2COc3cc(F)ccc3C2/C=N\c2[nH+]cnc3[nH]c(C(F)(F)F)cc23)CC1. The molecule has 1 aliphatic carbocycles. The van der Waals surface area contributed by atoms with Crippen molar-refractivity contribution in [3.8, 4) is 5.75 Å². The highest BCUT2D eigenvalue weighted by Gasteiger charge is 2.45. The van der Waals surface area contributed by atoms with Crippen LogP contribution in [0.4, 0.5) is 23.4 Å². The number of rotatable bonds is 6. The predicted molar refractivity (Wildman–Crippen MR) is 109 cm³/mol. The number of ether oxygens (including phenoxy) is 3. The molecule has 2 aliphatic rings. The number of alkyl halides is 3. The molecule has 0 amide bonds. The van der Waals surface area contributed by atoms with Gasteiger partial charge < -0.3 is 19.2 Å². The number of nitrogens with zero attached hydrogens (tertiary/aromatic N) is 2. The first kappa shape index (κ1) is 21.8. The Bertz CT molecular complexity index is 1210. The van der Waals surface area contributed by atoms with E-state index in [9.17, 15) is 17.6 Å². The lowest BCUT2D eigenvalue weighted by molar-refractivity contribution is -0.365. The van der Waals surface area contributed by atoms with Crippen LogP contribution < -0.4 is 9.72 Å². The lowest BCUT2D eigenvalue weighted by Crippen LogP contribution is -2.37. The summed E-state index contributed by atoms with van der Waals surface area (Å²) in [5.41, 5.74) is -0.474. The van der Waals surface area contributed by atoms with E-state index < -0.39 is 29.7 Å². The highest BCUT2D eigenvalue weighted by Crippen LogP contribution is 2.41. The number of benzene rings is 1. The molecule has 1 aliphatic heterocycles. The molecule has 2 atom stereocenters. The van der Waals surface area contributed by atoms with Crippen molar-refractivity contribution in [3.05, 3.63) is 47.7 Å². The van der Waals surface area contributed by atoms with E-state index in [1.165, 1.54) is 18.5 Å². The van der Waals surface area contributed by atoms with Crippen LogP contribution in [0.2, 0.25) is 0 Å². The lowest BCUT2D eigenvalue weighted by atomic mass is 9.91. The highest BCUT2D eigenvalue weighted by molar-refractivity contribution is 5.87. The second kappa shape index (κ2) is 8.07. The van der Waals surface area contributed by atoms with Gasteiger partial charge in [-0.3, -0.25) is 0 Å². The summed E-state index contributed by atoms with van der Waals surface area (Å²) < 4.78 is 70.4. The minimum absolute atomic E-state index is 0.0613. The molecule has 0 radical (unpaired) electrons. The Labute approximate surface area is 185 Å². The van der Waals surface area contributed by atoms with Crippen LogP contribution in [0.5, 0.6) is 5.75 Å². The van der Waals surface area contributed by atoms with E-state index in [-0.39, 0.29) is 29.1 Å². The van der Waals surface area contributed by atoms with E-state index in [1.807, 2.05) is 0 Å². The second-order valence-corrected chi connectivity index (χ2v) is 8.23. The van der Waals surface area contributed by atoms with Crippen LogP contribution in [0, 0.1) is 5.82 Å². The van der Waals surface area contributed by atoms with Crippen LogP contribution in [0.15, 0.2) is 35.6 Å². The van der Waals surface area contributed by atoms with Crippen molar-refractivity contribution >= 4 is 23.1 Å². The molecule has 1 saturated carbocycles. The molecule has 174 valence electrons. The number of aliphatic imine (C=N–C) groups is 1. The molecule has 0 saturated heterocycles. The van der Waals surface area contributed by atoms with Gasteiger partial charge in [0, 0.05) is 18.7 Å². The lowest BCUT2D eigenvalue weighted by Gasteiger charge is -2.31. The van der Waals surface area contributed by atoms with E-state index in [2.05, 4.69) is 19.9 Å². The molecule has 2 aromatic heterocycles. The average molecular weight is 465 g/mol. The van der Waals surface area contributed by atoms with E-state index in [0.29, 0.717) is 17.9 Å². The Morgan fingerprint density at radius 1 is 1.33 bits per heavy atom. The summed E-state index contributed by atoms with van der Waals surface area (Å²) in [6, 6.07) is 5.18. The molecule has 0 spiro atoms. The number of aromatic nitrogens is 3. The maximum atomic E-state index is 13.7. The zero-order chi connectivity index (χ0) is 23.2. The first-order valence-corrected chi connectivity index (χ1v) is 10.4. The van der Waals surface area contributed by atoms with Gasteiger partial charge in [0.05, 0.1) is 24.3 Å². The highest BCUT2D eigenvalue weighted by atomic mass is 19.4. The molecule has 3 heterocycles. The number of fused-ring (bicyclic) bond motifs is 2. The van der Waals surface area contributed by atoms with E-state index in [0.717, 1.165) is 18.9 Å². The minimum atomic E-state index is -4.54. The molecular formula is C22H21F4N4O3+. The Kier molecular flexibility index (Phi) is 5.32. The molecule has 1 fully saturated rings. The van der Waals surface area contributed by atoms with E-state index >= 15 is 0 Å². The molecule has 1 aromatic carbocycles. The maximum absolute atomic E-state index is 13.7. The summed E-state index contributed by atoms with van der Waals surface area (Å²) in [5, 5.41) is 0.196. The zero-order valence-corrected chi connectivity index (χ0v) is 17.6. The van der Waals surface area contributed by atoms with Gasteiger partial charge >= 0.3 is 6.18 Å². The van der Waals surface area contributed by atoms with Crippen molar-refractivity contribution in [1.82, 2.24) is 9.97 Å². The number of hydrogen-bond donors (Lipinski definition) is 1. The molecule has 5 rings (SSSR count). The normalized spacial score (nSPS) is 21.8. The molecule has 7 nitrogen and oxygen atoms in total. The van der Waals surface area contributed by atoms with E-state index in [1.54, 1.807) is 19.4 Å². The first-order chi connectivity index (χ1) is 15.8. The van der Waals surface area contributed by atoms with E-state index in [4.69, 9.17) is 14.2 Å². The molecule has 33 heavy (non-hydrogen) atoms. The van der Waals surface area contributed by atoms with Crippen LogP contribution in [0.25, 0.3) is 11.0 Å². The Hall–Kier alpha value is -3.05. The molecule has 11 heteroatoms. The largest absolute Gasteiger partial charge is 0.490 e. The third-order valence-corrected chi connectivity index (χ3v) is 6.06. The quantitative estimate of drug-likeness (QED) is 0.441. The van der Waals surface area contributed by atoms with Crippen LogP contribution >= 0.6 is 0 Å². The standard InChI is InChI=1S/C22H20F4N4O3/c1-31-21(4-5-21)10-33-17-9-32-16-6-12(23)2-3-13(16)15(17)8-27-19-14-7-18(22(24,25)26)30-20(14)29-11-28-19/h2-3,6-8,11,15,17H,4-5,9-10H2,1H3,(H,28,29,30)/p+1/b27-8-. The molecule has 0 bridgehead atoms. The van der Waals surface area contributed by atoms with Crippen LogP contribution in [0.1, 0.15) is 30.0 Å². The van der Waals surface area contributed by atoms with Crippen molar-refractivity contribution in [2.45, 2.75) is 36.6 Å². The fourth-order valence-corrected chi connectivity index (χ4v) is 3.89. The monoisotopic (exact) mass is 465 g/mol. The topological polar surface area (TPSA) is 82.9 Å². The number of nitrogens with one attached hydrogen (secondary N) is 2. The van der Waals surface area contributed by atoms with Gasteiger partial charge in [-0.05, 0) is 25.0 Å². The Morgan fingerprint density at radius 2 is 2.15 bits per heavy atom. The molecule has 3 aromatic rings. The third-order valence-electron chi connectivity index (χ3n) is 6.06. The number of methoxy groups -OCH3 is 1. The van der Waals surface area contributed by atoms with Gasteiger partial charge in [-0.2, -0.15) is 13.2 Å². The van der Waals surface area contributed by atoms with Gasteiger partial charge in [0.1, 0.15) is 35.4 Å². The molecule has 2 unspecified atom stereocenters. The maximum Gasteiger partial charge on any atom is 0.431 e. The van der Waals surface area contributed by atoms with Crippen molar-refractivity contribution in [2.75, 3.05) is 20.3 Å². The fraction of sp³-hybridized carbons (Fsp3) is 0.409. The number of hydrogen-bond acceptors (Lipinski definition) is 5. The van der Waals surface area contributed by atoms with Gasteiger partial charge in [-0.15, -0.1) is 4.99 Å². The van der Waals surface area contributed by atoms with Crippen molar-refractivity contribution in [3.63, 3.8) is 0 Å². The van der Waals surface area contributed by atoms with Gasteiger partial charge in [-0.25, -0.2) is 9.37 Å². The van der Waals surface area contributed by atoms with Crippen molar-refractivity contribution in [2.24, 2.45) is 4.99 Å². The number of aromatic amines is 2. The zero-order valence-electron chi connectivity index (χ0n) is 17.6. The van der Waals surface area contributed by atoms with Crippen molar-refractivity contribution < 1.29 is 36.8 Å². The summed E-state index contributed by atoms with van der Waals surface area (Å²) in [5.74, 6) is -0.267. The smallest absolute Gasteiger partial charge is 0.431 e. The second-order valence-electron chi connectivity index (χ2n) is 8.23. The number of H-pyrrole nitrogens is 2. The summed E-state index contributed by atoms with van der Waals surface area (Å²) in [6.45, 7) is 0.543. The van der Waals surface area contributed by atoms with Crippen LogP contribution in [0.3, 0.4) is 0 Å². The average Bonchev–Trinajstić information content (AvgIpc) is 3.42. The summed E-state index contributed by atoms with van der Waals surface area (Å²) in [6.07, 6.45) is -0.323. The summed E-state index contributed by atoms with van der Waals surface area (Å²) in [4.78, 5) is 13.4. The fourth-order valence-electron chi connectivity index (χ4n) is 3.89. The van der Waals surface area contributed by atoms with Gasteiger partial charge in [0.2, 0.25) is 12.0 Å². The summed E-state index contributed by atoms with van der Waals surface area (Å²) >= 11 is 0. The Balaban J connectivity index is 1.47. The van der Waals surface area contributed by atoms with Gasteiger partial charge in [-0.1, -0.05) is 11.1 Å². The van der Waals surface area contributed by atoms with Gasteiger partial charge in [0.15, 0.2) is 0 Å².